The Morgan fingerprint density at radius 2 is 1.79 bits per heavy atom. The molecule has 2 aromatic carbocycles. The van der Waals surface area contributed by atoms with E-state index in [9.17, 15) is 18.0 Å². The summed E-state index contributed by atoms with van der Waals surface area (Å²) in [4.78, 5) is 17.3. The number of amides is 1. The van der Waals surface area contributed by atoms with Crippen molar-refractivity contribution in [2.75, 3.05) is 5.32 Å². The Morgan fingerprint density at radius 3 is 2.45 bits per heavy atom. The first-order valence-corrected chi connectivity index (χ1v) is 9.43. The number of nitrogens with one attached hydrogen (secondary N) is 1. The molecule has 152 valence electrons. The van der Waals surface area contributed by atoms with E-state index in [0.717, 1.165) is 5.39 Å². The molecule has 1 aromatic heterocycles. The monoisotopic (exact) mass is 420 g/mol. The zero-order valence-corrected chi connectivity index (χ0v) is 16.7. The number of nitrogens with zero attached hydrogens (tertiary/aromatic N) is 1. The summed E-state index contributed by atoms with van der Waals surface area (Å²) in [6.45, 7) is 3.11. The van der Waals surface area contributed by atoms with Crippen LogP contribution in [-0.4, -0.2) is 17.1 Å². The average Bonchev–Trinajstić information content (AvgIpc) is 2.63. The van der Waals surface area contributed by atoms with E-state index in [1.165, 1.54) is 13.1 Å². The molecule has 0 saturated heterocycles. The maximum Gasteiger partial charge on any atom is 0.390 e. The fourth-order valence-electron chi connectivity index (χ4n) is 3.43. The molecule has 1 atom stereocenters. The van der Waals surface area contributed by atoms with Gasteiger partial charge in [-0.05, 0) is 30.5 Å². The van der Waals surface area contributed by atoms with Gasteiger partial charge >= 0.3 is 6.18 Å². The van der Waals surface area contributed by atoms with Crippen LogP contribution in [0, 0.1) is 12.3 Å². The van der Waals surface area contributed by atoms with Crippen molar-refractivity contribution >= 4 is 34.1 Å². The highest BCUT2D eigenvalue weighted by atomic mass is 35.5. The summed E-state index contributed by atoms with van der Waals surface area (Å²) in [7, 11) is 0. The summed E-state index contributed by atoms with van der Waals surface area (Å²) in [6, 6.07) is 13.9. The minimum atomic E-state index is -4.48. The third-order valence-electron chi connectivity index (χ3n) is 4.94. The third kappa shape index (κ3) is 4.88. The van der Waals surface area contributed by atoms with Crippen molar-refractivity contribution < 1.29 is 18.0 Å². The SMILES string of the molecule is Cc1c(NC(=O)C(C)(Cc2ccccc2)CC(F)(F)F)cnc2c(Cl)cccc12. The standard InChI is InChI=1S/C22H20ClF3N2O/c1-14-16-9-6-10-17(23)19(16)27-12-18(14)28-20(29)21(2,13-22(24,25)26)11-15-7-4-3-5-8-15/h3-10,12H,11,13H2,1-2H3,(H,28,29). The Kier molecular flexibility index (Phi) is 5.85. The molecule has 7 heteroatoms. The van der Waals surface area contributed by atoms with Gasteiger partial charge in [0.1, 0.15) is 0 Å². The number of halogens is 4. The molecule has 3 aromatic rings. The molecular weight excluding hydrogens is 401 g/mol. The van der Waals surface area contributed by atoms with Gasteiger partial charge in [0.05, 0.1) is 34.3 Å². The maximum absolute atomic E-state index is 13.3. The minimum absolute atomic E-state index is 0.0366. The highest BCUT2D eigenvalue weighted by Gasteiger charge is 2.44. The Morgan fingerprint density at radius 1 is 1.10 bits per heavy atom. The predicted octanol–water partition coefficient (Wildman–Crippen LogP) is 6.34. The smallest absolute Gasteiger partial charge is 0.324 e. The molecule has 0 aliphatic carbocycles. The topological polar surface area (TPSA) is 42.0 Å². The number of anilines is 1. The normalized spacial score (nSPS) is 13.9. The zero-order valence-electron chi connectivity index (χ0n) is 16.0. The van der Waals surface area contributed by atoms with Crippen molar-refractivity contribution in [3.05, 3.63) is 70.9 Å². The van der Waals surface area contributed by atoms with Crippen molar-refractivity contribution in [3.63, 3.8) is 0 Å². The van der Waals surface area contributed by atoms with Gasteiger partial charge in [-0.2, -0.15) is 13.2 Å². The number of carbonyl (C=O) groups excluding carboxylic acids is 1. The number of pyridine rings is 1. The Bertz CT molecular complexity index is 1040. The van der Waals surface area contributed by atoms with Crippen molar-refractivity contribution in [2.45, 2.75) is 32.9 Å². The molecule has 0 fully saturated rings. The van der Waals surface area contributed by atoms with Crippen LogP contribution in [0.2, 0.25) is 5.02 Å². The second-order valence-corrected chi connectivity index (χ2v) is 7.81. The van der Waals surface area contributed by atoms with Crippen LogP contribution in [0.1, 0.15) is 24.5 Å². The number of fused-ring (bicyclic) bond motifs is 1. The van der Waals surface area contributed by atoms with Crippen LogP contribution in [0.4, 0.5) is 18.9 Å². The molecule has 0 bridgehead atoms. The molecule has 0 aliphatic rings. The molecule has 1 N–H and O–H groups in total. The molecule has 3 nitrogen and oxygen atoms in total. The number of hydrogen-bond donors (Lipinski definition) is 1. The second-order valence-electron chi connectivity index (χ2n) is 7.40. The first-order valence-electron chi connectivity index (χ1n) is 9.05. The number of aromatic nitrogens is 1. The van der Waals surface area contributed by atoms with E-state index in [-0.39, 0.29) is 6.42 Å². The number of hydrogen-bond acceptors (Lipinski definition) is 2. The Hall–Kier alpha value is -2.60. The van der Waals surface area contributed by atoms with Gasteiger partial charge in [-0.15, -0.1) is 0 Å². The number of aryl methyl sites for hydroxylation is 1. The van der Waals surface area contributed by atoms with Gasteiger partial charge in [0.25, 0.3) is 0 Å². The van der Waals surface area contributed by atoms with Gasteiger partial charge in [0.15, 0.2) is 0 Å². The van der Waals surface area contributed by atoms with Crippen LogP contribution in [0.3, 0.4) is 0 Å². The fourth-order valence-corrected chi connectivity index (χ4v) is 3.65. The van der Waals surface area contributed by atoms with E-state index in [0.29, 0.717) is 27.4 Å². The van der Waals surface area contributed by atoms with E-state index in [1.54, 1.807) is 55.5 Å². The summed E-state index contributed by atoms with van der Waals surface area (Å²) in [6.07, 6.45) is -4.32. The van der Waals surface area contributed by atoms with Crippen LogP contribution in [0.5, 0.6) is 0 Å². The van der Waals surface area contributed by atoms with Gasteiger partial charge in [-0.25, -0.2) is 0 Å². The highest BCUT2D eigenvalue weighted by molar-refractivity contribution is 6.35. The van der Waals surface area contributed by atoms with E-state index in [2.05, 4.69) is 10.3 Å². The molecule has 1 amide bonds. The molecule has 3 rings (SSSR count). The van der Waals surface area contributed by atoms with E-state index >= 15 is 0 Å². The molecule has 0 saturated carbocycles. The zero-order chi connectivity index (χ0) is 21.2. The summed E-state index contributed by atoms with van der Waals surface area (Å²) >= 11 is 6.15. The van der Waals surface area contributed by atoms with E-state index in [1.807, 2.05) is 0 Å². The van der Waals surface area contributed by atoms with Crippen molar-refractivity contribution in [1.29, 1.82) is 0 Å². The molecule has 0 spiro atoms. The molecule has 1 heterocycles. The first kappa shape index (κ1) is 21.1. The highest BCUT2D eigenvalue weighted by Crippen LogP contribution is 2.38. The lowest BCUT2D eigenvalue weighted by atomic mass is 9.79. The van der Waals surface area contributed by atoms with Gasteiger partial charge in [0, 0.05) is 5.39 Å². The molecule has 0 radical (unpaired) electrons. The van der Waals surface area contributed by atoms with E-state index in [4.69, 9.17) is 11.6 Å². The fraction of sp³-hybridized carbons (Fsp3) is 0.273. The van der Waals surface area contributed by atoms with Gasteiger partial charge < -0.3 is 5.32 Å². The predicted molar refractivity (Wildman–Crippen MR) is 109 cm³/mol. The lowest BCUT2D eigenvalue weighted by Gasteiger charge is -2.30. The largest absolute Gasteiger partial charge is 0.390 e. The lowest BCUT2D eigenvalue weighted by molar-refractivity contribution is -0.164. The average molecular weight is 421 g/mol. The van der Waals surface area contributed by atoms with Crippen molar-refractivity contribution in [2.24, 2.45) is 5.41 Å². The lowest BCUT2D eigenvalue weighted by Crippen LogP contribution is -2.39. The number of carbonyl (C=O) groups is 1. The number of alkyl halides is 3. The summed E-state index contributed by atoms with van der Waals surface area (Å²) in [5, 5.41) is 3.86. The van der Waals surface area contributed by atoms with Gasteiger partial charge in [0.2, 0.25) is 5.91 Å². The van der Waals surface area contributed by atoms with E-state index < -0.39 is 23.9 Å². The second kappa shape index (κ2) is 8.03. The number of benzene rings is 2. The van der Waals surface area contributed by atoms with Crippen LogP contribution in [0.25, 0.3) is 10.9 Å². The van der Waals surface area contributed by atoms with Crippen LogP contribution < -0.4 is 5.32 Å². The quantitative estimate of drug-likeness (QED) is 0.523. The first-order chi connectivity index (χ1) is 13.6. The third-order valence-corrected chi connectivity index (χ3v) is 5.25. The number of rotatable bonds is 5. The summed E-state index contributed by atoms with van der Waals surface area (Å²) < 4.78 is 39.8. The minimum Gasteiger partial charge on any atom is -0.324 e. The van der Waals surface area contributed by atoms with Crippen molar-refractivity contribution in [3.8, 4) is 0 Å². The Balaban J connectivity index is 1.94. The molecule has 29 heavy (non-hydrogen) atoms. The molecular formula is C22H20ClF3N2O. The van der Waals surface area contributed by atoms with Gasteiger partial charge in [-0.1, -0.05) is 61.0 Å². The van der Waals surface area contributed by atoms with Crippen LogP contribution in [0.15, 0.2) is 54.7 Å². The number of para-hydroxylation sites is 1. The molecule has 1 unspecified atom stereocenters. The Labute approximate surface area is 171 Å². The van der Waals surface area contributed by atoms with Crippen molar-refractivity contribution in [1.82, 2.24) is 4.98 Å². The van der Waals surface area contributed by atoms with Gasteiger partial charge in [-0.3, -0.25) is 9.78 Å². The molecule has 0 aliphatic heterocycles. The summed E-state index contributed by atoms with van der Waals surface area (Å²) in [5.41, 5.74) is 0.627. The van der Waals surface area contributed by atoms with Crippen LogP contribution in [-0.2, 0) is 11.2 Å². The maximum atomic E-state index is 13.3. The summed E-state index contributed by atoms with van der Waals surface area (Å²) in [5.74, 6) is -0.704. The van der Waals surface area contributed by atoms with Crippen LogP contribution >= 0.6 is 11.6 Å².